The van der Waals surface area contributed by atoms with Crippen molar-refractivity contribution >= 4 is 5.91 Å². The predicted octanol–water partition coefficient (Wildman–Crippen LogP) is 2.16. The summed E-state index contributed by atoms with van der Waals surface area (Å²) in [7, 11) is 0. The molecule has 2 rings (SSSR count). The van der Waals surface area contributed by atoms with Crippen LogP contribution in [0.5, 0.6) is 0 Å². The molecule has 19 heavy (non-hydrogen) atoms. The van der Waals surface area contributed by atoms with E-state index in [1.165, 1.54) is 0 Å². The van der Waals surface area contributed by atoms with Crippen LogP contribution in [0, 0.1) is 6.92 Å². The molecule has 0 spiro atoms. The predicted molar refractivity (Wildman–Crippen MR) is 74.4 cm³/mol. The summed E-state index contributed by atoms with van der Waals surface area (Å²) in [6.07, 6.45) is 1.92. The molecule has 1 aromatic carbocycles. The van der Waals surface area contributed by atoms with E-state index in [0.29, 0.717) is 6.54 Å². The van der Waals surface area contributed by atoms with Crippen molar-refractivity contribution in [3.8, 4) is 0 Å². The Hall–Kier alpha value is -2.16. The Labute approximate surface area is 113 Å². The van der Waals surface area contributed by atoms with E-state index >= 15 is 0 Å². The molecule has 0 radical (unpaired) electrons. The maximum atomic E-state index is 12.0. The Balaban J connectivity index is 1.97. The topological polar surface area (TPSA) is 33.0 Å². The second-order valence-corrected chi connectivity index (χ2v) is 4.67. The normalized spacial score (nSPS) is 11.9. The van der Waals surface area contributed by atoms with Gasteiger partial charge in [-0.15, -0.1) is 0 Å². The zero-order valence-corrected chi connectivity index (χ0v) is 11.3. The highest BCUT2D eigenvalue weighted by atomic mass is 16.2. The number of hydrogen-bond donors (Lipinski definition) is 1. The Kier molecular flexibility index (Phi) is 4.29. The van der Waals surface area contributed by atoms with E-state index in [-0.39, 0.29) is 11.9 Å². The summed E-state index contributed by atoms with van der Waals surface area (Å²) in [6.45, 7) is 4.34. The fourth-order valence-electron chi connectivity index (χ4n) is 2.01. The number of benzene rings is 1. The highest BCUT2D eigenvalue weighted by Gasteiger charge is 2.14. The molecule has 1 atom stereocenters. The Morgan fingerprint density at radius 1 is 1.16 bits per heavy atom. The van der Waals surface area contributed by atoms with Crippen LogP contribution in [0.1, 0.15) is 24.2 Å². The van der Waals surface area contributed by atoms with Gasteiger partial charge in [-0.3, -0.25) is 4.79 Å². The molecule has 0 aliphatic rings. The van der Waals surface area contributed by atoms with Crippen molar-refractivity contribution in [3.63, 3.8) is 0 Å². The molecule has 0 fully saturated rings. The average molecular weight is 255 g/mol. The molecule has 0 saturated carbocycles. The van der Waals surface area contributed by atoms with Crippen molar-refractivity contribution in [3.05, 3.63) is 66.0 Å². The summed E-state index contributed by atoms with van der Waals surface area (Å²) >= 11 is 0. The third-order valence-electron chi connectivity index (χ3n) is 3.16. The molecule has 3 heteroatoms. The minimum atomic E-state index is 0.0238. The third-order valence-corrected chi connectivity index (χ3v) is 3.16. The van der Waals surface area contributed by atoms with Crippen LogP contribution in [0.2, 0.25) is 0 Å². The average Bonchev–Trinajstić information content (AvgIpc) is 2.42. The van der Waals surface area contributed by atoms with E-state index in [9.17, 15) is 4.79 Å². The van der Waals surface area contributed by atoms with Crippen LogP contribution in [-0.2, 0) is 11.3 Å². The number of aromatic nitrogens is 1. The summed E-state index contributed by atoms with van der Waals surface area (Å²) < 4.78 is 1.94. The number of nitrogens with zero attached hydrogens (tertiary/aromatic N) is 1. The minimum absolute atomic E-state index is 0.0238. The quantitative estimate of drug-likeness (QED) is 0.834. The lowest BCUT2D eigenvalue weighted by atomic mass is 10.1. The van der Waals surface area contributed by atoms with E-state index in [0.717, 1.165) is 11.3 Å². The summed E-state index contributed by atoms with van der Waals surface area (Å²) in [4.78, 5) is 12.0. The van der Waals surface area contributed by atoms with Gasteiger partial charge in [-0.25, -0.2) is 0 Å². The zero-order chi connectivity index (χ0) is 13.7. The Morgan fingerprint density at radius 2 is 1.84 bits per heavy atom. The molecule has 3 nitrogen and oxygen atoms in total. The van der Waals surface area contributed by atoms with Crippen molar-refractivity contribution in [1.29, 1.82) is 0 Å². The Morgan fingerprint density at radius 3 is 2.53 bits per heavy atom. The molecular formula is C16H19N2O+. The highest BCUT2D eigenvalue weighted by molar-refractivity contribution is 5.74. The summed E-state index contributed by atoms with van der Waals surface area (Å²) in [5.74, 6) is 0.0238. The van der Waals surface area contributed by atoms with Gasteiger partial charge in [0.1, 0.15) is 0 Å². The molecule has 0 aliphatic carbocycles. The molecule has 0 aliphatic heterocycles. The van der Waals surface area contributed by atoms with E-state index in [1.807, 2.05) is 73.1 Å². The molecule has 2 aromatic rings. The van der Waals surface area contributed by atoms with Crippen LogP contribution in [0.4, 0.5) is 0 Å². The largest absolute Gasteiger partial charge is 0.344 e. The van der Waals surface area contributed by atoms with Crippen LogP contribution >= 0.6 is 0 Å². The molecule has 1 amide bonds. The summed E-state index contributed by atoms with van der Waals surface area (Å²) in [6, 6.07) is 15.9. The molecular weight excluding hydrogens is 236 g/mol. The van der Waals surface area contributed by atoms with E-state index in [2.05, 4.69) is 5.32 Å². The lowest BCUT2D eigenvalue weighted by Crippen LogP contribution is -2.45. The van der Waals surface area contributed by atoms with Gasteiger partial charge >= 0.3 is 0 Å². The standard InChI is InChI=1S/C16H18N2O/c1-13-8-6-7-11-18(13)12-16(19)17-14(2)15-9-4-3-5-10-15/h3-11,14H,12H2,1-2H3/p+1/t14-/m0/s1. The van der Waals surface area contributed by atoms with Gasteiger partial charge in [0.15, 0.2) is 11.9 Å². The number of nitrogens with one attached hydrogen (secondary N) is 1. The van der Waals surface area contributed by atoms with Crippen LogP contribution < -0.4 is 9.88 Å². The Bertz CT molecular complexity index is 552. The van der Waals surface area contributed by atoms with Crippen LogP contribution in [0.25, 0.3) is 0 Å². The van der Waals surface area contributed by atoms with Crippen LogP contribution in [0.3, 0.4) is 0 Å². The maximum absolute atomic E-state index is 12.0. The fraction of sp³-hybridized carbons (Fsp3) is 0.250. The number of carbonyl (C=O) groups is 1. The number of amides is 1. The van der Waals surface area contributed by atoms with E-state index in [4.69, 9.17) is 0 Å². The third kappa shape index (κ3) is 3.65. The molecule has 1 N–H and O–H groups in total. The first-order valence-electron chi connectivity index (χ1n) is 6.46. The SMILES string of the molecule is Cc1cccc[n+]1CC(=O)N[C@@H](C)c1ccccc1. The van der Waals surface area contributed by atoms with Crippen LogP contribution in [-0.4, -0.2) is 5.91 Å². The number of carbonyl (C=O) groups excluding carboxylic acids is 1. The van der Waals surface area contributed by atoms with Crippen molar-refractivity contribution in [1.82, 2.24) is 5.32 Å². The molecule has 0 bridgehead atoms. The van der Waals surface area contributed by atoms with Gasteiger partial charge in [-0.05, 0) is 12.5 Å². The lowest BCUT2D eigenvalue weighted by molar-refractivity contribution is -0.690. The first-order valence-corrected chi connectivity index (χ1v) is 6.46. The van der Waals surface area contributed by atoms with Gasteiger partial charge in [-0.1, -0.05) is 36.4 Å². The van der Waals surface area contributed by atoms with Gasteiger partial charge in [0.25, 0.3) is 5.91 Å². The summed E-state index contributed by atoms with van der Waals surface area (Å²) in [5, 5.41) is 3.01. The number of aryl methyl sites for hydroxylation is 1. The summed E-state index contributed by atoms with van der Waals surface area (Å²) in [5.41, 5.74) is 2.19. The highest BCUT2D eigenvalue weighted by Crippen LogP contribution is 2.10. The lowest BCUT2D eigenvalue weighted by Gasteiger charge is -2.13. The molecule has 1 aromatic heterocycles. The first kappa shape index (κ1) is 13.3. The van der Waals surface area contributed by atoms with Crippen molar-refractivity contribution < 1.29 is 9.36 Å². The smallest absolute Gasteiger partial charge is 0.286 e. The minimum Gasteiger partial charge on any atom is -0.344 e. The monoisotopic (exact) mass is 255 g/mol. The molecule has 0 saturated heterocycles. The van der Waals surface area contributed by atoms with Gasteiger partial charge in [0, 0.05) is 19.1 Å². The van der Waals surface area contributed by atoms with Gasteiger partial charge in [0.05, 0.1) is 6.04 Å². The molecule has 1 heterocycles. The fourth-order valence-corrected chi connectivity index (χ4v) is 2.01. The van der Waals surface area contributed by atoms with Crippen molar-refractivity contribution in [2.75, 3.05) is 0 Å². The number of rotatable bonds is 4. The van der Waals surface area contributed by atoms with E-state index < -0.39 is 0 Å². The molecule has 0 unspecified atom stereocenters. The second kappa shape index (κ2) is 6.14. The first-order chi connectivity index (χ1) is 9.16. The van der Waals surface area contributed by atoms with Crippen molar-refractivity contribution in [2.45, 2.75) is 26.4 Å². The van der Waals surface area contributed by atoms with Crippen molar-refractivity contribution in [2.24, 2.45) is 0 Å². The molecule has 98 valence electrons. The van der Waals surface area contributed by atoms with Crippen LogP contribution in [0.15, 0.2) is 54.7 Å². The maximum Gasteiger partial charge on any atom is 0.286 e. The number of pyridine rings is 1. The number of hydrogen-bond acceptors (Lipinski definition) is 1. The van der Waals surface area contributed by atoms with E-state index in [1.54, 1.807) is 0 Å². The zero-order valence-electron chi connectivity index (χ0n) is 11.3. The van der Waals surface area contributed by atoms with Gasteiger partial charge in [0.2, 0.25) is 6.54 Å². The van der Waals surface area contributed by atoms with Gasteiger partial charge < -0.3 is 5.32 Å². The van der Waals surface area contributed by atoms with Gasteiger partial charge in [-0.2, -0.15) is 4.57 Å². The second-order valence-electron chi connectivity index (χ2n) is 4.67.